The highest BCUT2D eigenvalue weighted by molar-refractivity contribution is 5.38. The summed E-state index contributed by atoms with van der Waals surface area (Å²) in [7, 11) is 0. The predicted octanol–water partition coefficient (Wildman–Crippen LogP) is 2.57. The van der Waals surface area contributed by atoms with Crippen molar-refractivity contribution in [3.63, 3.8) is 0 Å². The van der Waals surface area contributed by atoms with E-state index in [0.29, 0.717) is 18.0 Å². The summed E-state index contributed by atoms with van der Waals surface area (Å²) in [5.74, 6) is 1.47. The molecule has 0 atom stereocenters. The molecule has 4 nitrogen and oxygen atoms in total. The van der Waals surface area contributed by atoms with Gasteiger partial charge in [-0.25, -0.2) is 0 Å². The molecule has 2 heterocycles. The fourth-order valence-corrected chi connectivity index (χ4v) is 2.56. The summed E-state index contributed by atoms with van der Waals surface area (Å²) in [6, 6.07) is 5.44. The van der Waals surface area contributed by atoms with Gasteiger partial charge in [0.2, 0.25) is 0 Å². The van der Waals surface area contributed by atoms with Crippen molar-refractivity contribution in [2.75, 3.05) is 18.0 Å². The van der Waals surface area contributed by atoms with Gasteiger partial charge < -0.3 is 10.2 Å². The number of piperidine rings is 1. The molecule has 1 fully saturated rings. The SMILES string of the molecule is CC(C)NC1CCN(c2ccc(C(C)C)nn2)CC1. The lowest BCUT2D eigenvalue weighted by atomic mass is 10.0. The van der Waals surface area contributed by atoms with Crippen LogP contribution in [-0.4, -0.2) is 35.4 Å². The Labute approximate surface area is 116 Å². The largest absolute Gasteiger partial charge is 0.355 e. The van der Waals surface area contributed by atoms with Gasteiger partial charge in [0.05, 0.1) is 5.69 Å². The maximum absolute atomic E-state index is 4.37. The third kappa shape index (κ3) is 3.90. The van der Waals surface area contributed by atoms with Gasteiger partial charge in [-0.1, -0.05) is 27.7 Å². The van der Waals surface area contributed by atoms with Crippen molar-refractivity contribution in [1.82, 2.24) is 15.5 Å². The summed E-state index contributed by atoms with van der Waals surface area (Å²) in [4.78, 5) is 2.34. The van der Waals surface area contributed by atoms with E-state index in [1.54, 1.807) is 0 Å². The second-order valence-corrected chi connectivity index (χ2v) is 6.05. The Morgan fingerprint density at radius 2 is 1.79 bits per heavy atom. The van der Waals surface area contributed by atoms with Crippen LogP contribution in [0.1, 0.15) is 52.1 Å². The van der Waals surface area contributed by atoms with Crippen molar-refractivity contribution in [3.8, 4) is 0 Å². The van der Waals surface area contributed by atoms with E-state index in [4.69, 9.17) is 0 Å². The zero-order valence-corrected chi connectivity index (χ0v) is 12.6. The number of nitrogens with zero attached hydrogens (tertiary/aromatic N) is 3. The second kappa shape index (κ2) is 6.33. The quantitative estimate of drug-likeness (QED) is 0.905. The fraction of sp³-hybridized carbons (Fsp3) is 0.733. The highest BCUT2D eigenvalue weighted by Gasteiger charge is 2.20. The third-order valence-electron chi connectivity index (χ3n) is 3.65. The van der Waals surface area contributed by atoms with Gasteiger partial charge in [0, 0.05) is 25.2 Å². The molecule has 1 aliphatic heterocycles. The van der Waals surface area contributed by atoms with Crippen LogP contribution in [0.25, 0.3) is 0 Å². The van der Waals surface area contributed by atoms with E-state index in [0.717, 1.165) is 24.6 Å². The molecule has 0 unspecified atom stereocenters. The van der Waals surface area contributed by atoms with Gasteiger partial charge >= 0.3 is 0 Å². The van der Waals surface area contributed by atoms with E-state index in [2.05, 4.69) is 60.2 Å². The first-order valence-electron chi connectivity index (χ1n) is 7.41. The highest BCUT2D eigenvalue weighted by atomic mass is 15.3. The number of rotatable bonds is 4. The predicted molar refractivity (Wildman–Crippen MR) is 79.6 cm³/mol. The lowest BCUT2D eigenvalue weighted by molar-refractivity contribution is 0.386. The Morgan fingerprint density at radius 3 is 2.26 bits per heavy atom. The topological polar surface area (TPSA) is 41.0 Å². The molecule has 0 aliphatic carbocycles. The monoisotopic (exact) mass is 262 g/mol. The molecule has 0 bridgehead atoms. The zero-order chi connectivity index (χ0) is 13.8. The van der Waals surface area contributed by atoms with Gasteiger partial charge in [-0.15, -0.1) is 5.10 Å². The molecule has 0 saturated carbocycles. The first-order chi connectivity index (χ1) is 9.06. The van der Waals surface area contributed by atoms with Gasteiger partial charge in [-0.2, -0.15) is 5.10 Å². The molecule has 2 rings (SSSR count). The second-order valence-electron chi connectivity index (χ2n) is 6.05. The van der Waals surface area contributed by atoms with Crippen molar-refractivity contribution in [2.45, 2.75) is 58.5 Å². The van der Waals surface area contributed by atoms with Crippen LogP contribution in [0.4, 0.5) is 5.82 Å². The van der Waals surface area contributed by atoms with Crippen LogP contribution in [0.5, 0.6) is 0 Å². The number of nitrogens with one attached hydrogen (secondary N) is 1. The zero-order valence-electron chi connectivity index (χ0n) is 12.6. The van der Waals surface area contributed by atoms with E-state index < -0.39 is 0 Å². The summed E-state index contributed by atoms with van der Waals surface area (Å²) in [6.45, 7) is 10.9. The molecule has 0 amide bonds. The molecule has 1 saturated heterocycles. The van der Waals surface area contributed by atoms with E-state index >= 15 is 0 Å². The van der Waals surface area contributed by atoms with Crippen molar-refractivity contribution >= 4 is 5.82 Å². The highest BCUT2D eigenvalue weighted by Crippen LogP contribution is 2.19. The molecule has 1 aromatic heterocycles. The van der Waals surface area contributed by atoms with Crippen molar-refractivity contribution < 1.29 is 0 Å². The van der Waals surface area contributed by atoms with Crippen LogP contribution in [0.2, 0.25) is 0 Å². The van der Waals surface area contributed by atoms with Crippen molar-refractivity contribution in [1.29, 1.82) is 0 Å². The molecule has 0 aromatic carbocycles. The summed E-state index contributed by atoms with van der Waals surface area (Å²) >= 11 is 0. The van der Waals surface area contributed by atoms with Gasteiger partial charge in [0.25, 0.3) is 0 Å². The van der Waals surface area contributed by atoms with Gasteiger partial charge in [-0.05, 0) is 30.9 Å². The average Bonchev–Trinajstić information content (AvgIpc) is 2.39. The van der Waals surface area contributed by atoms with Crippen LogP contribution in [0.15, 0.2) is 12.1 Å². The lowest BCUT2D eigenvalue weighted by Crippen LogP contribution is -2.45. The Hall–Kier alpha value is -1.16. The molecule has 4 heteroatoms. The minimum atomic E-state index is 0.447. The van der Waals surface area contributed by atoms with E-state index in [1.165, 1.54) is 12.8 Å². The average molecular weight is 262 g/mol. The van der Waals surface area contributed by atoms with Gasteiger partial charge in [0.1, 0.15) is 0 Å². The smallest absolute Gasteiger partial charge is 0.151 e. The Morgan fingerprint density at radius 1 is 1.11 bits per heavy atom. The molecule has 0 spiro atoms. The van der Waals surface area contributed by atoms with Crippen LogP contribution < -0.4 is 10.2 Å². The maximum atomic E-state index is 4.37. The van der Waals surface area contributed by atoms with Crippen molar-refractivity contribution in [2.24, 2.45) is 0 Å². The molecule has 1 N–H and O–H groups in total. The Bertz CT molecular complexity index is 378. The number of aromatic nitrogens is 2. The summed E-state index contributed by atoms with van der Waals surface area (Å²) in [5.41, 5.74) is 1.07. The standard InChI is InChI=1S/C15H26N4/c1-11(2)14-5-6-15(18-17-14)19-9-7-13(8-10-19)16-12(3)4/h5-6,11-13,16H,7-10H2,1-4H3. The van der Waals surface area contributed by atoms with Crippen molar-refractivity contribution in [3.05, 3.63) is 17.8 Å². The van der Waals surface area contributed by atoms with Crippen LogP contribution in [-0.2, 0) is 0 Å². The first kappa shape index (κ1) is 14.3. The molecule has 1 aliphatic rings. The molecule has 0 radical (unpaired) electrons. The minimum absolute atomic E-state index is 0.447. The number of hydrogen-bond donors (Lipinski definition) is 1. The summed E-state index contributed by atoms with van der Waals surface area (Å²) in [5, 5.41) is 12.3. The van der Waals surface area contributed by atoms with E-state index in [9.17, 15) is 0 Å². The molecule has 1 aromatic rings. The fourth-order valence-electron chi connectivity index (χ4n) is 2.56. The van der Waals surface area contributed by atoms with Crippen LogP contribution >= 0.6 is 0 Å². The van der Waals surface area contributed by atoms with E-state index in [-0.39, 0.29) is 0 Å². The number of hydrogen-bond acceptors (Lipinski definition) is 4. The Balaban J connectivity index is 1.90. The third-order valence-corrected chi connectivity index (χ3v) is 3.65. The molecular formula is C15H26N4. The normalized spacial score (nSPS) is 17.5. The van der Waals surface area contributed by atoms with Crippen LogP contribution in [0.3, 0.4) is 0 Å². The summed E-state index contributed by atoms with van der Waals surface area (Å²) in [6.07, 6.45) is 2.37. The van der Waals surface area contributed by atoms with E-state index in [1.807, 2.05) is 0 Å². The maximum Gasteiger partial charge on any atom is 0.151 e. The molecule has 106 valence electrons. The molecular weight excluding hydrogens is 236 g/mol. The molecule has 19 heavy (non-hydrogen) atoms. The minimum Gasteiger partial charge on any atom is -0.355 e. The number of anilines is 1. The summed E-state index contributed by atoms with van der Waals surface area (Å²) < 4.78 is 0. The van der Waals surface area contributed by atoms with Gasteiger partial charge in [-0.3, -0.25) is 0 Å². The first-order valence-corrected chi connectivity index (χ1v) is 7.41. The van der Waals surface area contributed by atoms with Crippen LogP contribution in [0, 0.1) is 0 Å². The van der Waals surface area contributed by atoms with Gasteiger partial charge in [0.15, 0.2) is 5.82 Å². The Kier molecular flexibility index (Phi) is 4.75. The lowest BCUT2D eigenvalue weighted by Gasteiger charge is -2.33.